The monoisotopic (exact) mass is 359 g/mol. The summed E-state index contributed by atoms with van der Waals surface area (Å²) in [5.41, 5.74) is 1.05. The standard InChI is InChI=1S/C20H19F2NO3/c1-25-9-10-26-20(24)12-18(15-3-2-4-17(22)11-15)19(13-23)14-5-7-16(21)8-6-14/h2-8,11,18-19H,9-10,12H2,1H3. The molecule has 0 bridgehead atoms. The van der Waals surface area contributed by atoms with Gasteiger partial charge in [-0.3, -0.25) is 4.79 Å². The van der Waals surface area contributed by atoms with Gasteiger partial charge in [0.05, 0.1) is 25.0 Å². The average Bonchev–Trinajstić information content (AvgIpc) is 2.63. The number of rotatable bonds is 8. The second-order valence-corrected chi connectivity index (χ2v) is 5.74. The predicted octanol–water partition coefficient (Wildman–Crippen LogP) is 3.94. The maximum absolute atomic E-state index is 13.7. The highest BCUT2D eigenvalue weighted by Crippen LogP contribution is 2.36. The van der Waals surface area contributed by atoms with E-state index in [0.717, 1.165) is 0 Å². The molecule has 6 heteroatoms. The third kappa shape index (κ3) is 5.36. The van der Waals surface area contributed by atoms with Crippen molar-refractivity contribution in [3.8, 4) is 6.07 Å². The Hall–Kier alpha value is -2.78. The van der Waals surface area contributed by atoms with Crippen LogP contribution in [0.3, 0.4) is 0 Å². The molecule has 0 radical (unpaired) electrons. The molecule has 0 saturated heterocycles. The fraction of sp³-hybridized carbons (Fsp3) is 0.300. The summed E-state index contributed by atoms with van der Waals surface area (Å²) in [6.07, 6.45) is -0.108. The summed E-state index contributed by atoms with van der Waals surface area (Å²) in [7, 11) is 1.49. The summed E-state index contributed by atoms with van der Waals surface area (Å²) in [6, 6.07) is 13.4. The quantitative estimate of drug-likeness (QED) is 0.529. The van der Waals surface area contributed by atoms with Crippen molar-refractivity contribution in [2.75, 3.05) is 20.3 Å². The lowest BCUT2D eigenvalue weighted by molar-refractivity contribution is -0.145. The molecule has 0 fully saturated rings. The molecule has 2 unspecified atom stereocenters. The van der Waals surface area contributed by atoms with Gasteiger partial charge in [-0.1, -0.05) is 24.3 Å². The number of hydrogen-bond donors (Lipinski definition) is 0. The second-order valence-electron chi connectivity index (χ2n) is 5.74. The smallest absolute Gasteiger partial charge is 0.306 e. The second kappa shape index (κ2) is 9.64. The fourth-order valence-electron chi connectivity index (χ4n) is 2.71. The summed E-state index contributed by atoms with van der Waals surface area (Å²) in [6.45, 7) is 0.356. The number of esters is 1. The third-order valence-corrected chi connectivity index (χ3v) is 3.98. The first kappa shape index (κ1) is 19.5. The van der Waals surface area contributed by atoms with E-state index in [1.54, 1.807) is 6.07 Å². The molecule has 0 heterocycles. The molecule has 2 atom stereocenters. The Kier molecular flexibility index (Phi) is 7.24. The van der Waals surface area contributed by atoms with E-state index in [-0.39, 0.29) is 19.6 Å². The first-order valence-corrected chi connectivity index (χ1v) is 8.10. The predicted molar refractivity (Wildman–Crippen MR) is 91.3 cm³/mol. The topological polar surface area (TPSA) is 59.3 Å². The molecule has 0 saturated carbocycles. The maximum atomic E-state index is 13.7. The molecule has 0 aromatic heterocycles. The Morgan fingerprint density at radius 3 is 2.42 bits per heavy atom. The van der Waals surface area contributed by atoms with Crippen molar-refractivity contribution in [1.29, 1.82) is 5.26 Å². The average molecular weight is 359 g/mol. The van der Waals surface area contributed by atoms with Crippen LogP contribution in [-0.4, -0.2) is 26.3 Å². The van der Waals surface area contributed by atoms with Gasteiger partial charge >= 0.3 is 5.97 Å². The third-order valence-electron chi connectivity index (χ3n) is 3.98. The first-order chi connectivity index (χ1) is 12.5. The number of hydrogen-bond acceptors (Lipinski definition) is 4. The van der Waals surface area contributed by atoms with E-state index in [1.807, 2.05) is 0 Å². The Morgan fingerprint density at radius 1 is 1.08 bits per heavy atom. The molecule has 2 aromatic carbocycles. The number of methoxy groups -OCH3 is 1. The van der Waals surface area contributed by atoms with Gasteiger partial charge in [0.25, 0.3) is 0 Å². The van der Waals surface area contributed by atoms with Crippen LogP contribution in [0.2, 0.25) is 0 Å². The van der Waals surface area contributed by atoms with Crippen LogP contribution in [0.15, 0.2) is 48.5 Å². The van der Waals surface area contributed by atoms with E-state index in [1.165, 1.54) is 49.6 Å². The highest BCUT2D eigenvalue weighted by molar-refractivity contribution is 5.71. The van der Waals surface area contributed by atoms with E-state index in [4.69, 9.17) is 9.47 Å². The first-order valence-electron chi connectivity index (χ1n) is 8.10. The highest BCUT2D eigenvalue weighted by atomic mass is 19.1. The SMILES string of the molecule is COCCOC(=O)CC(c1cccc(F)c1)C(C#N)c1ccc(F)cc1. The molecule has 0 aliphatic carbocycles. The van der Waals surface area contributed by atoms with Gasteiger partial charge < -0.3 is 9.47 Å². The molecule has 2 aromatic rings. The van der Waals surface area contributed by atoms with Gasteiger partial charge in [0, 0.05) is 13.0 Å². The van der Waals surface area contributed by atoms with Gasteiger partial charge in [0.15, 0.2) is 0 Å². The molecule has 2 rings (SSSR count). The van der Waals surface area contributed by atoms with Gasteiger partial charge in [0.1, 0.15) is 18.2 Å². The van der Waals surface area contributed by atoms with Crippen molar-refractivity contribution in [1.82, 2.24) is 0 Å². The van der Waals surface area contributed by atoms with Crippen molar-refractivity contribution in [2.24, 2.45) is 0 Å². The lowest BCUT2D eigenvalue weighted by atomic mass is 9.80. The minimum absolute atomic E-state index is 0.0962. The molecule has 26 heavy (non-hydrogen) atoms. The number of carbonyl (C=O) groups is 1. The van der Waals surface area contributed by atoms with Crippen LogP contribution >= 0.6 is 0 Å². The number of ether oxygens (including phenoxy) is 2. The Bertz CT molecular complexity index is 771. The lowest BCUT2D eigenvalue weighted by Gasteiger charge is -2.22. The zero-order valence-corrected chi connectivity index (χ0v) is 14.3. The largest absolute Gasteiger partial charge is 0.463 e. The molecule has 0 amide bonds. The highest BCUT2D eigenvalue weighted by Gasteiger charge is 2.28. The lowest BCUT2D eigenvalue weighted by Crippen LogP contribution is -2.18. The van der Waals surface area contributed by atoms with Gasteiger partial charge in [-0.15, -0.1) is 0 Å². The van der Waals surface area contributed by atoms with Crippen LogP contribution in [0.5, 0.6) is 0 Å². The van der Waals surface area contributed by atoms with Crippen LogP contribution < -0.4 is 0 Å². The van der Waals surface area contributed by atoms with Crippen molar-refractivity contribution in [2.45, 2.75) is 18.3 Å². The molecule has 4 nitrogen and oxygen atoms in total. The van der Waals surface area contributed by atoms with Crippen LogP contribution in [-0.2, 0) is 14.3 Å². The molecule has 0 aliphatic heterocycles. The van der Waals surface area contributed by atoms with E-state index < -0.39 is 29.4 Å². The molecular formula is C20H19F2NO3. The minimum atomic E-state index is -0.757. The van der Waals surface area contributed by atoms with E-state index in [0.29, 0.717) is 11.1 Å². The van der Waals surface area contributed by atoms with Gasteiger partial charge in [-0.2, -0.15) is 5.26 Å². The van der Waals surface area contributed by atoms with Crippen LogP contribution in [0.1, 0.15) is 29.4 Å². The maximum Gasteiger partial charge on any atom is 0.306 e. The summed E-state index contributed by atoms with van der Waals surface area (Å²) in [4.78, 5) is 12.2. The van der Waals surface area contributed by atoms with Gasteiger partial charge in [-0.25, -0.2) is 8.78 Å². The van der Waals surface area contributed by atoms with Crippen LogP contribution in [0, 0.1) is 23.0 Å². The van der Waals surface area contributed by atoms with Gasteiger partial charge in [0.2, 0.25) is 0 Å². The number of nitrogens with zero attached hydrogens (tertiary/aromatic N) is 1. The summed E-state index contributed by atoms with van der Waals surface area (Å²) in [5.74, 6) is -2.79. The Labute approximate surface area is 151 Å². The summed E-state index contributed by atoms with van der Waals surface area (Å²) in [5, 5.41) is 9.67. The number of carbonyl (C=O) groups excluding carboxylic acids is 1. The number of nitriles is 1. The molecule has 0 aliphatic rings. The van der Waals surface area contributed by atoms with E-state index in [2.05, 4.69) is 6.07 Å². The zero-order valence-electron chi connectivity index (χ0n) is 14.3. The van der Waals surface area contributed by atoms with E-state index in [9.17, 15) is 18.8 Å². The minimum Gasteiger partial charge on any atom is -0.463 e. The zero-order chi connectivity index (χ0) is 18.9. The van der Waals surface area contributed by atoms with Crippen molar-refractivity contribution < 1.29 is 23.0 Å². The summed E-state index contributed by atoms with van der Waals surface area (Å²) < 4.78 is 36.8. The normalized spacial score (nSPS) is 12.8. The Morgan fingerprint density at radius 2 is 1.81 bits per heavy atom. The summed E-state index contributed by atoms with van der Waals surface area (Å²) >= 11 is 0. The number of halogens is 2. The van der Waals surface area contributed by atoms with Crippen LogP contribution in [0.25, 0.3) is 0 Å². The number of benzene rings is 2. The van der Waals surface area contributed by atoms with E-state index >= 15 is 0 Å². The van der Waals surface area contributed by atoms with Crippen LogP contribution in [0.4, 0.5) is 8.78 Å². The fourth-order valence-corrected chi connectivity index (χ4v) is 2.71. The van der Waals surface area contributed by atoms with Crippen molar-refractivity contribution in [3.05, 3.63) is 71.3 Å². The van der Waals surface area contributed by atoms with Crippen molar-refractivity contribution in [3.63, 3.8) is 0 Å². The Balaban J connectivity index is 2.31. The molecule has 136 valence electrons. The molecular weight excluding hydrogens is 340 g/mol. The van der Waals surface area contributed by atoms with Gasteiger partial charge in [-0.05, 0) is 35.4 Å². The molecule has 0 spiro atoms. The molecule has 0 N–H and O–H groups in total. The van der Waals surface area contributed by atoms with Crippen molar-refractivity contribution >= 4 is 5.97 Å².